The second-order valence-electron chi connectivity index (χ2n) is 4.95. The molecule has 1 aliphatic heterocycles. The Labute approximate surface area is 107 Å². The number of hydrogen-bond donors (Lipinski definition) is 0. The van der Waals surface area contributed by atoms with Crippen molar-refractivity contribution in [2.75, 3.05) is 31.6 Å². The minimum Gasteiger partial charge on any atom is -0.367 e. The molecule has 0 aromatic heterocycles. The van der Waals surface area contributed by atoms with Crippen LogP contribution in [-0.4, -0.2) is 43.9 Å². The van der Waals surface area contributed by atoms with Gasteiger partial charge in [0.15, 0.2) is 6.29 Å². The zero-order valence-electron chi connectivity index (χ0n) is 10.9. The molecule has 0 bridgehead atoms. The van der Waals surface area contributed by atoms with Gasteiger partial charge in [-0.1, -0.05) is 6.07 Å². The Kier molecular flexibility index (Phi) is 3.97. The van der Waals surface area contributed by atoms with Crippen LogP contribution in [0, 0.1) is 5.82 Å². The van der Waals surface area contributed by atoms with Gasteiger partial charge in [-0.3, -0.25) is 4.79 Å². The van der Waals surface area contributed by atoms with Crippen molar-refractivity contribution in [3.8, 4) is 0 Å². The van der Waals surface area contributed by atoms with Crippen molar-refractivity contribution >= 4 is 12.0 Å². The molecule has 1 aliphatic rings. The molecule has 1 heterocycles. The summed E-state index contributed by atoms with van der Waals surface area (Å²) in [5.41, 5.74) is 0.890. The summed E-state index contributed by atoms with van der Waals surface area (Å²) in [5, 5.41) is 0. The Morgan fingerprint density at radius 3 is 2.89 bits per heavy atom. The fraction of sp³-hybridized carbons (Fsp3) is 0.500. The number of halogens is 1. The number of aldehydes is 1. The SMILES string of the molecule is CC1CN(C)CCCN1c1cccc(F)c1C=O. The van der Waals surface area contributed by atoms with Crippen LogP contribution in [0.2, 0.25) is 0 Å². The van der Waals surface area contributed by atoms with Crippen LogP contribution in [0.4, 0.5) is 10.1 Å². The highest BCUT2D eigenvalue weighted by Crippen LogP contribution is 2.25. The van der Waals surface area contributed by atoms with E-state index in [1.165, 1.54) is 6.07 Å². The summed E-state index contributed by atoms with van der Waals surface area (Å²) in [6.07, 6.45) is 1.64. The molecule has 0 spiro atoms. The number of carbonyl (C=O) groups excluding carboxylic acids is 1. The van der Waals surface area contributed by atoms with E-state index in [1.807, 2.05) is 6.07 Å². The molecule has 2 rings (SSSR count). The lowest BCUT2D eigenvalue weighted by Crippen LogP contribution is -2.38. The monoisotopic (exact) mass is 250 g/mol. The minimum absolute atomic E-state index is 0.175. The molecule has 1 unspecified atom stereocenters. The van der Waals surface area contributed by atoms with Gasteiger partial charge in [0, 0.05) is 19.1 Å². The smallest absolute Gasteiger partial charge is 0.155 e. The van der Waals surface area contributed by atoms with Crippen LogP contribution in [0.15, 0.2) is 18.2 Å². The molecule has 1 aromatic rings. The average Bonchev–Trinajstić information content (AvgIpc) is 2.49. The van der Waals surface area contributed by atoms with Crippen molar-refractivity contribution in [2.45, 2.75) is 19.4 Å². The molecule has 98 valence electrons. The van der Waals surface area contributed by atoms with E-state index in [4.69, 9.17) is 0 Å². The van der Waals surface area contributed by atoms with E-state index in [1.54, 1.807) is 6.07 Å². The Morgan fingerprint density at radius 1 is 1.39 bits per heavy atom. The Morgan fingerprint density at radius 2 is 2.17 bits per heavy atom. The third kappa shape index (κ3) is 2.53. The summed E-state index contributed by atoms with van der Waals surface area (Å²) in [6.45, 7) is 4.93. The van der Waals surface area contributed by atoms with Gasteiger partial charge in [0.1, 0.15) is 5.82 Å². The Hall–Kier alpha value is -1.42. The molecular formula is C14H19FN2O. The van der Waals surface area contributed by atoms with E-state index in [2.05, 4.69) is 23.8 Å². The maximum absolute atomic E-state index is 13.6. The van der Waals surface area contributed by atoms with E-state index in [0.29, 0.717) is 12.0 Å². The number of likely N-dealkylation sites (N-methyl/N-ethyl adjacent to an activating group) is 1. The van der Waals surface area contributed by atoms with Crippen LogP contribution in [0.3, 0.4) is 0 Å². The van der Waals surface area contributed by atoms with Crippen LogP contribution in [0.1, 0.15) is 23.7 Å². The molecule has 3 nitrogen and oxygen atoms in total. The fourth-order valence-corrected chi connectivity index (χ4v) is 2.62. The van der Waals surface area contributed by atoms with Crippen LogP contribution >= 0.6 is 0 Å². The maximum Gasteiger partial charge on any atom is 0.155 e. The molecule has 0 aliphatic carbocycles. The molecular weight excluding hydrogens is 231 g/mol. The third-order valence-electron chi connectivity index (χ3n) is 3.50. The van der Waals surface area contributed by atoms with Gasteiger partial charge in [0.2, 0.25) is 0 Å². The summed E-state index contributed by atoms with van der Waals surface area (Å²) in [7, 11) is 2.09. The van der Waals surface area contributed by atoms with E-state index in [-0.39, 0.29) is 11.6 Å². The lowest BCUT2D eigenvalue weighted by Gasteiger charge is -2.31. The molecule has 1 aromatic carbocycles. The quantitative estimate of drug-likeness (QED) is 0.752. The molecule has 18 heavy (non-hydrogen) atoms. The first kappa shape index (κ1) is 13.0. The predicted molar refractivity (Wildman–Crippen MR) is 70.7 cm³/mol. The predicted octanol–water partition coefficient (Wildman–Crippen LogP) is 2.17. The van der Waals surface area contributed by atoms with E-state index < -0.39 is 5.82 Å². The van der Waals surface area contributed by atoms with Crippen LogP contribution in [0.25, 0.3) is 0 Å². The van der Waals surface area contributed by atoms with Crippen molar-refractivity contribution in [1.82, 2.24) is 4.90 Å². The highest BCUT2D eigenvalue weighted by Gasteiger charge is 2.22. The lowest BCUT2D eigenvalue weighted by atomic mass is 10.1. The van der Waals surface area contributed by atoms with Gasteiger partial charge < -0.3 is 9.80 Å². The molecule has 0 saturated carbocycles. The van der Waals surface area contributed by atoms with Crippen molar-refractivity contribution in [3.63, 3.8) is 0 Å². The fourth-order valence-electron chi connectivity index (χ4n) is 2.62. The molecule has 1 fully saturated rings. The zero-order valence-corrected chi connectivity index (χ0v) is 10.9. The highest BCUT2D eigenvalue weighted by atomic mass is 19.1. The molecule has 0 amide bonds. The second-order valence-corrected chi connectivity index (χ2v) is 4.95. The van der Waals surface area contributed by atoms with Crippen molar-refractivity contribution in [1.29, 1.82) is 0 Å². The van der Waals surface area contributed by atoms with Gasteiger partial charge in [0.25, 0.3) is 0 Å². The number of anilines is 1. The molecule has 0 radical (unpaired) electrons. The number of hydrogen-bond acceptors (Lipinski definition) is 3. The standard InChI is InChI=1S/C14H19FN2O/c1-11-9-16(2)7-4-8-17(11)14-6-3-5-13(15)12(14)10-18/h3,5-6,10-11H,4,7-9H2,1-2H3. The van der Waals surface area contributed by atoms with Crippen LogP contribution in [0.5, 0.6) is 0 Å². The summed E-state index contributed by atoms with van der Waals surface area (Å²) >= 11 is 0. The lowest BCUT2D eigenvalue weighted by molar-refractivity contribution is 0.112. The third-order valence-corrected chi connectivity index (χ3v) is 3.50. The van der Waals surface area contributed by atoms with Gasteiger partial charge in [-0.15, -0.1) is 0 Å². The number of carbonyl (C=O) groups is 1. The molecule has 4 heteroatoms. The zero-order chi connectivity index (χ0) is 13.1. The van der Waals surface area contributed by atoms with Gasteiger partial charge in [-0.25, -0.2) is 4.39 Å². The summed E-state index contributed by atoms with van der Waals surface area (Å²) in [6, 6.07) is 5.10. The number of benzene rings is 1. The van der Waals surface area contributed by atoms with E-state index >= 15 is 0 Å². The van der Waals surface area contributed by atoms with Crippen LogP contribution in [-0.2, 0) is 0 Å². The molecule has 1 atom stereocenters. The highest BCUT2D eigenvalue weighted by molar-refractivity contribution is 5.85. The maximum atomic E-state index is 13.6. The average molecular weight is 250 g/mol. The second kappa shape index (κ2) is 5.48. The largest absolute Gasteiger partial charge is 0.367 e. The van der Waals surface area contributed by atoms with Gasteiger partial charge in [0.05, 0.1) is 11.3 Å². The van der Waals surface area contributed by atoms with Gasteiger partial charge >= 0.3 is 0 Å². The Bertz CT molecular complexity index is 436. The summed E-state index contributed by atoms with van der Waals surface area (Å²) in [4.78, 5) is 15.5. The van der Waals surface area contributed by atoms with Crippen molar-refractivity contribution in [2.24, 2.45) is 0 Å². The summed E-state index contributed by atoms with van der Waals surface area (Å²) in [5.74, 6) is -0.438. The van der Waals surface area contributed by atoms with Gasteiger partial charge in [-0.05, 0) is 39.1 Å². The Balaban J connectivity index is 2.35. The first-order valence-corrected chi connectivity index (χ1v) is 6.32. The topological polar surface area (TPSA) is 23.6 Å². The van der Waals surface area contributed by atoms with Crippen LogP contribution < -0.4 is 4.90 Å². The number of rotatable bonds is 2. The van der Waals surface area contributed by atoms with Gasteiger partial charge in [-0.2, -0.15) is 0 Å². The minimum atomic E-state index is -0.438. The van der Waals surface area contributed by atoms with Crippen molar-refractivity contribution < 1.29 is 9.18 Å². The number of nitrogens with zero attached hydrogens (tertiary/aromatic N) is 2. The molecule has 1 saturated heterocycles. The van der Waals surface area contributed by atoms with Crippen molar-refractivity contribution in [3.05, 3.63) is 29.6 Å². The van der Waals surface area contributed by atoms with E-state index in [9.17, 15) is 9.18 Å². The first-order chi connectivity index (χ1) is 8.63. The van der Waals surface area contributed by atoms with E-state index in [0.717, 1.165) is 26.1 Å². The summed E-state index contributed by atoms with van der Waals surface area (Å²) < 4.78 is 13.6. The first-order valence-electron chi connectivity index (χ1n) is 6.32. The normalized spacial score (nSPS) is 21.7. The molecule has 0 N–H and O–H groups in total.